The molecule has 9 N–H and O–H groups in total. The molecule has 0 spiro atoms. The summed E-state index contributed by atoms with van der Waals surface area (Å²) < 4.78 is 38.2. The number of anilines is 1. The monoisotopic (exact) mass is 941 g/mol. The second kappa shape index (κ2) is 23.9. The van der Waals surface area contributed by atoms with Gasteiger partial charge in [-0.15, -0.1) is 0 Å². The van der Waals surface area contributed by atoms with E-state index in [1.54, 1.807) is 23.3 Å². The summed E-state index contributed by atoms with van der Waals surface area (Å²) in [6.07, 6.45) is -4.66. The molecule has 67 heavy (non-hydrogen) atoms. The van der Waals surface area contributed by atoms with E-state index in [0.29, 0.717) is 38.0 Å². The number of nitrogens with zero attached hydrogens (tertiary/aromatic N) is 5. The molecule has 362 valence electrons. The number of likely N-dealkylation sites (tertiary alicyclic amines) is 1. The predicted octanol–water partition coefficient (Wildman–Crippen LogP) is 2.03. The van der Waals surface area contributed by atoms with E-state index in [9.17, 15) is 47.4 Å². The number of nitrogens with one attached hydrogen (secondary N) is 6. The molecule has 2 aliphatic rings. The van der Waals surface area contributed by atoms with Crippen molar-refractivity contribution in [1.29, 1.82) is 0 Å². The van der Waals surface area contributed by atoms with Crippen molar-refractivity contribution < 1.29 is 62.0 Å². The van der Waals surface area contributed by atoms with Crippen LogP contribution in [0.25, 0.3) is 11.2 Å². The van der Waals surface area contributed by atoms with Crippen molar-refractivity contribution in [2.45, 2.75) is 82.0 Å². The number of hydrogen-bond donors (Lipinski definition) is 9. The Morgan fingerprint density at radius 2 is 1.46 bits per heavy atom. The SMILES string of the molecule is CCOC(=O)CNC(=O)N1CCC(NC(=O)NCCNC(=O)c2nc(NCC(c3ccccc3)c3ccccc3)c3ncn([C@@H]4C[C@H](NC(=O)CC)[C@@H](O)[C@H]4O)c3n2)CC1.O=C(O)C(F)(F)F. The van der Waals surface area contributed by atoms with Crippen molar-refractivity contribution in [3.63, 3.8) is 0 Å². The molecule has 2 aromatic heterocycles. The number of amides is 6. The number of carboxylic acid groups (broad SMARTS) is 1. The zero-order chi connectivity index (χ0) is 48.7. The number of carbonyl (C=O) groups excluding carboxylic acids is 5. The average Bonchev–Trinajstić information content (AvgIpc) is 3.86. The van der Waals surface area contributed by atoms with E-state index in [0.717, 1.165) is 11.1 Å². The van der Waals surface area contributed by atoms with Gasteiger partial charge in [-0.1, -0.05) is 67.6 Å². The van der Waals surface area contributed by atoms with Crippen molar-refractivity contribution in [1.82, 2.24) is 51.0 Å². The van der Waals surface area contributed by atoms with E-state index in [2.05, 4.69) is 46.9 Å². The number of carboxylic acids is 1. The number of ether oxygens (including phenoxy) is 1. The minimum Gasteiger partial charge on any atom is -0.475 e. The summed E-state index contributed by atoms with van der Waals surface area (Å²) in [4.78, 5) is 86.7. The minimum atomic E-state index is -5.08. The number of aliphatic carboxylic acids is 1. The molecular weight excluding hydrogens is 888 g/mol. The molecule has 2 fully saturated rings. The van der Waals surface area contributed by atoms with Gasteiger partial charge in [0, 0.05) is 51.1 Å². The third-order valence-electron chi connectivity index (χ3n) is 10.9. The van der Waals surface area contributed by atoms with Crippen molar-refractivity contribution in [3.8, 4) is 0 Å². The number of aromatic nitrogens is 4. The molecule has 1 saturated heterocycles. The maximum absolute atomic E-state index is 13.6. The zero-order valence-electron chi connectivity index (χ0n) is 36.7. The van der Waals surface area contributed by atoms with Crippen molar-refractivity contribution >= 4 is 52.8 Å². The fourth-order valence-electron chi connectivity index (χ4n) is 7.48. The first kappa shape index (κ1) is 50.9. The van der Waals surface area contributed by atoms with Crippen LogP contribution in [0.15, 0.2) is 67.0 Å². The Kier molecular flexibility index (Phi) is 18.2. The first-order valence-corrected chi connectivity index (χ1v) is 21.5. The average molecular weight is 942 g/mol. The Bertz CT molecular complexity index is 2280. The van der Waals surface area contributed by atoms with Gasteiger partial charge in [-0.25, -0.2) is 29.3 Å². The summed E-state index contributed by atoms with van der Waals surface area (Å²) >= 11 is 0. The summed E-state index contributed by atoms with van der Waals surface area (Å²) in [5.41, 5.74) is 2.71. The van der Waals surface area contributed by atoms with Gasteiger partial charge in [-0.3, -0.25) is 14.4 Å². The smallest absolute Gasteiger partial charge is 0.475 e. The number of benzene rings is 2. The molecule has 1 saturated carbocycles. The number of imidazole rings is 1. The van der Waals surface area contributed by atoms with Crippen molar-refractivity contribution in [2.75, 3.05) is 51.2 Å². The molecular formula is C43H54F3N11O10. The Labute approximate surface area is 382 Å². The lowest BCUT2D eigenvalue weighted by molar-refractivity contribution is -0.192. The van der Waals surface area contributed by atoms with Crippen LogP contribution in [-0.2, 0) is 19.1 Å². The van der Waals surface area contributed by atoms with Crippen LogP contribution in [0.5, 0.6) is 0 Å². The fourth-order valence-corrected chi connectivity index (χ4v) is 7.48. The van der Waals surface area contributed by atoms with Gasteiger partial charge in [-0.05, 0) is 37.3 Å². The first-order valence-electron chi connectivity index (χ1n) is 21.5. The number of esters is 1. The van der Waals surface area contributed by atoms with E-state index >= 15 is 0 Å². The highest BCUT2D eigenvalue weighted by molar-refractivity contribution is 5.94. The second-order valence-electron chi connectivity index (χ2n) is 15.5. The lowest BCUT2D eigenvalue weighted by Crippen LogP contribution is -2.52. The number of hydrogen-bond acceptors (Lipinski definition) is 13. The van der Waals surface area contributed by atoms with Crippen LogP contribution >= 0.6 is 0 Å². The Hall–Kier alpha value is -7.08. The number of rotatable bonds is 16. The van der Waals surface area contributed by atoms with Crippen molar-refractivity contribution in [3.05, 3.63) is 83.9 Å². The quantitative estimate of drug-likeness (QED) is 0.0574. The van der Waals surface area contributed by atoms with Gasteiger partial charge < -0.3 is 61.4 Å². The highest BCUT2D eigenvalue weighted by Crippen LogP contribution is 2.35. The van der Waals surface area contributed by atoms with E-state index in [1.807, 2.05) is 60.7 Å². The second-order valence-corrected chi connectivity index (χ2v) is 15.5. The number of piperidine rings is 1. The van der Waals surface area contributed by atoms with Gasteiger partial charge in [-0.2, -0.15) is 13.2 Å². The highest BCUT2D eigenvalue weighted by Gasteiger charge is 2.44. The summed E-state index contributed by atoms with van der Waals surface area (Å²) in [5, 5.41) is 46.2. The van der Waals surface area contributed by atoms with Gasteiger partial charge in [0.05, 0.1) is 25.0 Å². The molecule has 1 aliphatic carbocycles. The zero-order valence-corrected chi connectivity index (χ0v) is 36.7. The predicted molar refractivity (Wildman–Crippen MR) is 234 cm³/mol. The Morgan fingerprint density at radius 3 is 2.04 bits per heavy atom. The molecule has 24 heteroatoms. The normalized spacial score (nSPS) is 18.3. The Morgan fingerprint density at radius 1 is 0.851 bits per heavy atom. The summed E-state index contributed by atoms with van der Waals surface area (Å²) in [5.74, 6) is -4.15. The van der Waals surface area contributed by atoms with Crippen LogP contribution in [0.1, 0.15) is 73.2 Å². The molecule has 1 aliphatic heterocycles. The maximum Gasteiger partial charge on any atom is 0.490 e. The van der Waals surface area contributed by atoms with Crippen LogP contribution in [0.3, 0.4) is 0 Å². The highest BCUT2D eigenvalue weighted by atomic mass is 19.4. The molecule has 2 aromatic carbocycles. The lowest BCUT2D eigenvalue weighted by Gasteiger charge is -2.32. The van der Waals surface area contributed by atoms with Crippen LogP contribution in [0.4, 0.5) is 28.6 Å². The van der Waals surface area contributed by atoms with Gasteiger partial charge in [0.15, 0.2) is 11.5 Å². The third kappa shape index (κ3) is 14.2. The number of aliphatic hydroxyl groups excluding tert-OH is 2. The van der Waals surface area contributed by atoms with E-state index in [1.165, 1.54) is 6.33 Å². The standard InChI is InChI=1S/C41H53N11O8.C2HF3O2/c1-3-31(53)48-29-21-30(35(56)34(29)55)52-24-46-33-36(44-22-28(25-11-7-5-8-12-25)26-13-9-6-10-14-26)49-37(50-38(33)52)39(57)42-17-18-43-40(58)47-27-15-19-51(20-16-27)41(59)45-23-32(54)60-4-2;3-2(4,5)1(6)7/h5-14,24,27-30,34-35,55-56H,3-4,15-23H2,1-2H3,(H,42,57)(H,45,59)(H,48,53)(H2,43,47,58)(H,44,49,50);(H,6,7)/t29-,30+,34+,35-;/m0./s1. The van der Waals surface area contributed by atoms with Crippen LogP contribution < -0.4 is 31.9 Å². The Balaban J connectivity index is 0.00000111. The fraction of sp³-hybridized carbons (Fsp3) is 0.465. The number of carbonyl (C=O) groups is 6. The van der Waals surface area contributed by atoms with Crippen LogP contribution in [0.2, 0.25) is 0 Å². The number of halogens is 3. The van der Waals surface area contributed by atoms with Gasteiger partial charge in [0.25, 0.3) is 5.91 Å². The number of urea groups is 2. The number of aliphatic hydroxyl groups is 2. The molecule has 0 radical (unpaired) electrons. The van der Waals surface area contributed by atoms with Crippen molar-refractivity contribution in [2.24, 2.45) is 0 Å². The molecule has 4 atom stereocenters. The van der Waals surface area contributed by atoms with E-state index in [-0.39, 0.29) is 80.3 Å². The number of fused-ring (bicyclic) bond motifs is 1. The minimum absolute atomic E-state index is 0.0468. The molecule has 6 rings (SSSR count). The first-order chi connectivity index (χ1) is 32.0. The third-order valence-corrected chi connectivity index (χ3v) is 10.9. The lowest BCUT2D eigenvalue weighted by atomic mass is 9.91. The number of alkyl halides is 3. The molecule has 21 nitrogen and oxygen atoms in total. The largest absolute Gasteiger partial charge is 0.490 e. The van der Waals surface area contributed by atoms with Crippen LogP contribution in [0, 0.1) is 0 Å². The maximum atomic E-state index is 13.6. The van der Waals surface area contributed by atoms with Crippen LogP contribution in [-0.4, -0.2) is 152 Å². The molecule has 0 bridgehead atoms. The summed E-state index contributed by atoms with van der Waals surface area (Å²) in [7, 11) is 0. The van der Waals surface area contributed by atoms with E-state index < -0.39 is 54.3 Å². The molecule has 3 heterocycles. The summed E-state index contributed by atoms with van der Waals surface area (Å²) in [6, 6.07) is 17.5. The molecule has 0 unspecified atom stereocenters. The van der Waals surface area contributed by atoms with Gasteiger partial charge in [0.2, 0.25) is 11.7 Å². The summed E-state index contributed by atoms with van der Waals surface area (Å²) in [6.45, 7) is 4.70. The van der Waals surface area contributed by atoms with Gasteiger partial charge in [0.1, 0.15) is 24.3 Å². The van der Waals surface area contributed by atoms with E-state index in [4.69, 9.17) is 14.6 Å². The van der Waals surface area contributed by atoms with Gasteiger partial charge >= 0.3 is 30.2 Å². The molecule has 4 aromatic rings. The topological polar surface area (TPSA) is 291 Å². The molecule has 6 amide bonds.